The number of urea groups is 1. The van der Waals surface area contributed by atoms with Gasteiger partial charge >= 0.3 is 6.03 Å². The van der Waals surface area contributed by atoms with Crippen molar-refractivity contribution in [2.45, 2.75) is 19.3 Å². The van der Waals surface area contributed by atoms with Crippen molar-refractivity contribution >= 4 is 29.4 Å². The zero-order chi connectivity index (χ0) is 20.9. The fraction of sp³-hybridized carbons (Fsp3) is 0.450. The summed E-state index contributed by atoms with van der Waals surface area (Å²) in [6.45, 7) is 4.15. The molecule has 4 heterocycles. The summed E-state index contributed by atoms with van der Waals surface area (Å²) in [4.78, 5) is 43.8. The van der Waals surface area contributed by atoms with Gasteiger partial charge in [-0.05, 0) is 31.4 Å². The van der Waals surface area contributed by atoms with Crippen LogP contribution >= 0.6 is 0 Å². The van der Waals surface area contributed by atoms with Gasteiger partial charge in [0.2, 0.25) is 0 Å². The van der Waals surface area contributed by atoms with E-state index in [4.69, 9.17) is 5.73 Å². The SMILES string of the molecule is Nc1ncc(N2CCN(C(=O)N3CCCCC3)CC2)nc1C(=O)Nc1ccccn1. The quantitative estimate of drug-likeness (QED) is 0.785. The molecule has 2 aromatic rings. The second-order valence-corrected chi connectivity index (χ2v) is 7.44. The second-order valence-electron chi connectivity index (χ2n) is 7.44. The van der Waals surface area contributed by atoms with Gasteiger partial charge in [0.25, 0.3) is 5.91 Å². The molecule has 0 bridgehead atoms. The number of anilines is 3. The third-order valence-corrected chi connectivity index (χ3v) is 5.41. The summed E-state index contributed by atoms with van der Waals surface area (Å²) in [6, 6.07) is 5.34. The van der Waals surface area contributed by atoms with Crippen molar-refractivity contribution in [2.24, 2.45) is 0 Å². The molecule has 2 fully saturated rings. The minimum atomic E-state index is -0.459. The molecule has 0 spiro atoms. The maximum Gasteiger partial charge on any atom is 0.320 e. The summed E-state index contributed by atoms with van der Waals surface area (Å²) < 4.78 is 0. The van der Waals surface area contributed by atoms with Crippen LogP contribution in [0.25, 0.3) is 0 Å². The number of nitrogen functional groups attached to an aromatic ring is 1. The number of piperidine rings is 1. The van der Waals surface area contributed by atoms with Gasteiger partial charge in [0.05, 0.1) is 6.20 Å². The van der Waals surface area contributed by atoms with E-state index in [1.54, 1.807) is 30.6 Å². The Hall–Kier alpha value is -3.43. The first-order valence-electron chi connectivity index (χ1n) is 10.3. The van der Waals surface area contributed by atoms with Crippen molar-refractivity contribution in [1.29, 1.82) is 0 Å². The van der Waals surface area contributed by atoms with Crippen LogP contribution in [-0.4, -0.2) is 76.0 Å². The van der Waals surface area contributed by atoms with E-state index in [0.717, 1.165) is 25.9 Å². The van der Waals surface area contributed by atoms with Crippen molar-refractivity contribution in [3.8, 4) is 0 Å². The number of amides is 3. The van der Waals surface area contributed by atoms with Gasteiger partial charge < -0.3 is 25.8 Å². The number of nitrogens with two attached hydrogens (primary N) is 1. The molecule has 0 radical (unpaired) electrons. The average Bonchev–Trinajstić information content (AvgIpc) is 2.80. The molecule has 2 aliphatic heterocycles. The van der Waals surface area contributed by atoms with Crippen molar-refractivity contribution in [2.75, 3.05) is 55.2 Å². The first-order chi connectivity index (χ1) is 14.6. The topological polar surface area (TPSA) is 121 Å². The van der Waals surface area contributed by atoms with Gasteiger partial charge in [0.1, 0.15) is 11.6 Å². The highest BCUT2D eigenvalue weighted by Gasteiger charge is 2.27. The van der Waals surface area contributed by atoms with E-state index >= 15 is 0 Å². The monoisotopic (exact) mass is 410 g/mol. The van der Waals surface area contributed by atoms with E-state index in [-0.39, 0.29) is 17.5 Å². The van der Waals surface area contributed by atoms with Crippen LogP contribution in [0.3, 0.4) is 0 Å². The molecule has 0 saturated carbocycles. The molecule has 0 aliphatic carbocycles. The average molecular weight is 410 g/mol. The molecule has 0 atom stereocenters. The lowest BCUT2D eigenvalue weighted by molar-refractivity contribution is 0.102. The summed E-state index contributed by atoms with van der Waals surface area (Å²) in [7, 11) is 0. The molecule has 3 N–H and O–H groups in total. The standard InChI is InChI=1S/C20H26N8O2/c21-18-17(19(29)24-15-6-2-3-7-22-15)25-16(14-23-18)26-10-12-28(13-11-26)20(30)27-8-4-1-5-9-27/h2-3,6-7,14H,1,4-5,8-13H2,(H2,21,23)(H,22,24,29). The highest BCUT2D eigenvalue weighted by atomic mass is 16.2. The molecule has 2 aromatic heterocycles. The number of aromatic nitrogens is 3. The van der Waals surface area contributed by atoms with E-state index in [1.165, 1.54) is 6.42 Å². The van der Waals surface area contributed by atoms with Gasteiger partial charge in [-0.2, -0.15) is 0 Å². The predicted molar refractivity (Wildman–Crippen MR) is 113 cm³/mol. The molecule has 4 rings (SSSR count). The molecule has 0 unspecified atom stereocenters. The minimum Gasteiger partial charge on any atom is -0.382 e. The lowest BCUT2D eigenvalue weighted by Crippen LogP contribution is -2.54. The Bertz CT molecular complexity index is 893. The van der Waals surface area contributed by atoms with Crippen LogP contribution in [0.2, 0.25) is 0 Å². The summed E-state index contributed by atoms with van der Waals surface area (Å²) in [5.74, 6) is 0.588. The van der Waals surface area contributed by atoms with Gasteiger partial charge in [-0.15, -0.1) is 0 Å². The van der Waals surface area contributed by atoms with Gasteiger partial charge in [0.15, 0.2) is 11.5 Å². The molecule has 2 saturated heterocycles. The maximum atomic E-state index is 12.7. The van der Waals surface area contributed by atoms with Crippen molar-refractivity contribution < 1.29 is 9.59 Å². The van der Waals surface area contributed by atoms with Crippen molar-refractivity contribution in [1.82, 2.24) is 24.8 Å². The lowest BCUT2D eigenvalue weighted by Gasteiger charge is -2.39. The zero-order valence-electron chi connectivity index (χ0n) is 16.8. The molecule has 10 heteroatoms. The van der Waals surface area contributed by atoms with E-state index in [0.29, 0.717) is 37.8 Å². The van der Waals surface area contributed by atoms with Gasteiger partial charge in [-0.3, -0.25) is 4.79 Å². The fourth-order valence-corrected chi connectivity index (χ4v) is 3.73. The van der Waals surface area contributed by atoms with Crippen LogP contribution in [-0.2, 0) is 0 Å². The Morgan fingerprint density at radius 1 is 0.933 bits per heavy atom. The number of carbonyl (C=O) groups excluding carboxylic acids is 2. The van der Waals surface area contributed by atoms with Crippen LogP contribution in [0, 0.1) is 0 Å². The minimum absolute atomic E-state index is 0.0602. The Kier molecular flexibility index (Phi) is 5.92. The van der Waals surface area contributed by atoms with Crippen LogP contribution < -0.4 is 16.0 Å². The van der Waals surface area contributed by atoms with Crippen LogP contribution in [0.5, 0.6) is 0 Å². The van der Waals surface area contributed by atoms with E-state index in [9.17, 15) is 9.59 Å². The van der Waals surface area contributed by atoms with E-state index in [2.05, 4.69) is 20.3 Å². The highest BCUT2D eigenvalue weighted by molar-refractivity contribution is 6.05. The Morgan fingerprint density at radius 3 is 2.37 bits per heavy atom. The molecule has 0 aromatic carbocycles. The summed E-state index contributed by atoms with van der Waals surface area (Å²) in [5.41, 5.74) is 5.95. The third-order valence-electron chi connectivity index (χ3n) is 5.41. The molecular formula is C20H26N8O2. The predicted octanol–water partition coefficient (Wildman–Crippen LogP) is 1.43. The zero-order valence-corrected chi connectivity index (χ0v) is 16.8. The van der Waals surface area contributed by atoms with Crippen LogP contribution in [0.4, 0.5) is 22.2 Å². The summed E-state index contributed by atoms with van der Waals surface area (Å²) in [5, 5.41) is 2.68. The van der Waals surface area contributed by atoms with Crippen LogP contribution in [0.1, 0.15) is 29.8 Å². The molecular weight excluding hydrogens is 384 g/mol. The Balaban J connectivity index is 1.39. The second kappa shape index (κ2) is 8.93. The number of rotatable bonds is 3. The van der Waals surface area contributed by atoms with Gasteiger partial charge in [-0.25, -0.2) is 19.7 Å². The smallest absolute Gasteiger partial charge is 0.320 e. The number of nitrogens with one attached hydrogen (secondary N) is 1. The number of piperazine rings is 1. The summed E-state index contributed by atoms with van der Waals surface area (Å²) in [6.07, 6.45) is 6.51. The Labute approximate surface area is 175 Å². The molecule has 30 heavy (non-hydrogen) atoms. The highest BCUT2D eigenvalue weighted by Crippen LogP contribution is 2.19. The number of likely N-dealkylation sites (tertiary alicyclic amines) is 1. The largest absolute Gasteiger partial charge is 0.382 e. The number of hydrogen-bond acceptors (Lipinski definition) is 7. The third kappa shape index (κ3) is 4.42. The maximum absolute atomic E-state index is 12.7. The van der Waals surface area contributed by atoms with Crippen molar-refractivity contribution in [3.63, 3.8) is 0 Å². The van der Waals surface area contributed by atoms with Gasteiger partial charge in [0, 0.05) is 45.5 Å². The molecule has 10 nitrogen and oxygen atoms in total. The normalized spacial score (nSPS) is 17.0. The molecule has 158 valence electrons. The van der Waals surface area contributed by atoms with Crippen molar-refractivity contribution in [3.05, 3.63) is 36.3 Å². The Morgan fingerprint density at radius 2 is 1.67 bits per heavy atom. The first-order valence-corrected chi connectivity index (χ1v) is 10.3. The molecule has 3 amide bonds. The van der Waals surface area contributed by atoms with E-state index in [1.807, 2.05) is 14.7 Å². The molecule has 2 aliphatic rings. The number of nitrogens with zero attached hydrogens (tertiary/aromatic N) is 6. The fourth-order valence-electron chi connectivity index (χ4n) is 3.73. The first kappa shape index (κ1) is 19.9. The number of hydrogen-bond donors (Lipinski definition) is 2. The number of pyridine rings is 1. The lowest BCUT2D eigenvalue weighted by atomic mass is 10.1. The van der Waals surface area contributed by atoms with Crippen LogP contribution in [0.15, 0.2) is 30.6 Å². The summed E-state index contributed by atoms with van der Waals surface area (Å²) >= 11 is 0. The number of carbonyl (C=O) groups is 2. The van der Waals surface area contributed by atoms with Gasteiger partial charge in [-0.1, -0.05) is 6.07 Å². The van der Waals surface area contributed by atoms with E-state index < -0.39 is 5.91 Å².